The van der Waals surface area contributed by atoms with E-state index in [1.165, 1.54) is 11.6 Å². The molecule has 0 unspecified atom stereocenters. The van der Waals surface area contributed by atoms with Gasteiger partial charge in [0.05, 0.1) is 0 Å². The van der Waals surface area contributed by atoms with Crippen molar-refractivity contribution in [2.24, 2.45) is 0 Å². The molecule has 0 aliphatic heterocycles. The Morgan fingerprint density at radius 3 is 2.00 bits per heavy atom. The molecule has 2 N–H and O–H groups in total. The second-order valence-corrected chi connectivity index (χ2v) is 4.94. The van der Waals surface area contributed by atoms with E-state index in [2.05, 4.69) is 13.0 Å². The van der Waals surface area contributed by atoms with Crippen molar-refractivity contribution < 1.29 is 4.39 Å². The van der Waals surface area contributed by atoms with Crippen molar-refractivity contribution in [1.82, 2.24) is 0 Å². The minimum absolute atomic E-state index is 0.215. The number of hydrogen-bond donors (Lipinski definition) is 1. The molecule has 0 bridgehead atoms. The van der Waals surface area contributed by atoms with Crippen molar-refractivity contribution in [2.75, 3.05) is 5.73 Å². The van der Waals surface area contributed by atoms with Gasteiger partial charge in [-0.15, -0.1) is 0 Å². The molecule has 94 valence electrons. The molecule has 2 rings (SSSR count). The summed E-state index contributed by atoms with van der Waals surface area (Å²) in [7, 11) is 0. The van der Waals surface area contributed by atoms with Crippen LogP contribution in [-0.2, 0) is 0 Å². The summed E-state index contributed by atoms with van der Waals surface area (Å²) in [4.78, 5) is 0. The van der Waals surface area contributed by atoms with E-state index >= 15 is 0 Å². The van der Waals surface area contributed by atoms with Crippen LogP contribution < -0.4 is 5.73 Å². The monoisotopic (exact) mass is 243 g/mol. The van der Waals surface area contributed by atoms with Crippen molar-refractivity contribution in [2.45, 2.75) is 27.7 Å². The molecular formula is C16H18FN. The second kappa shape index (κ2) is 4.45. The van der Waals surface area contributed by atoms with Gasteiger partial charge in [0.2, 0.25) is 0 Å². The summed E-state index contributed by atoms with van der Waals surface area (Å²) < 4.78 is 14.1. The molecule has 0 radical (unpaired) electrons. The van der Waals surface area contributed by atoms with Crippen LogP contribution in [0, 0.1) is 33.5 Å². The van der Waals surface area contributed by atoms with Crippen molar-refractivity contribution in [1.29, 1.82) is 0 Å². The minimum Gasteiger partial charge on any atom is -0.398 e. The maximum Gasteiger partial charge on any atom is 0.131 e. The maximum absolute atomic E-state index is 14.1. The van der Waals surface area contributed by atoms with Crippen molar-refractivity contribution >= 4 is 5.69 Å². The summed E-state index contributed by atoms with van der Waals surface area (Å²) in [5, 5.41) is 0. The van der Waals surface area contributed by atoms with Gasteiger partial charge in [0.25, 0.3) is 0 Å². The first-order valence-corrected chi connectivity index (χ1v) is 6.04. The summed E-state index contributed by atoms with van der Waals surface area (Å²) in [5.74, 6) is -0.215. The normalized spacial score (nSPS) is 10.7. The van der Waals surface area contributed by atoms with Gasteiger partial charge in [-0.1, -0.05) is 12.1 Å². The lowest BCUT2D eigenvalue weighted by Gasteiger charge is -2.12. The number of hydrogen-bond acceptors (Lipinski definition) is 1. The molecule has 2 aromatic carbocycles. The van der Waals surface area contributed by atoms with E-state index in [-0.39, 0.29) is 5.82 Å². The highest BCUT2D eigenvalue weighted by molar-refractivity contribution is 5.73. The molecule has 0 spiro atoms. The van der Waals surface area contributed by atoms with Crippen LogP contribution in [0.2, 0.25) is 0 Å². The average molecular weight is 243 g/mol. The fourth-order valence-electron chi connectivity index (χ4n) is 2.15. The molecule has 2 heteroatoms. The number of halogens is 1. The summed E-state index contributed by atoms with van der Waals surface area (Å²) in [6.45, 7) is 7.91. The van der Waals surface area contributed by atoms with E-state index in [4.69, 9.17) is 5.73 Å². The summed E-state index contributed by atoms with van der Waals surface area (Å²) >= 11 is 0. The third-order valence-corrected chi connectivity index (χ3v) is 3.49. The third-order valence-electron chi connectivity index (χ3n) is 3.49. The fourth-order valence-corrected chi connectivity index (χ4v) is 2.15. The Morgan fingerprint density at radius 2 is 1.33 bits per heavy atom. The Hall–Kier alpha value is -1.83. The average Bonchev–Trinajstić information content (AvgIpc) is 2.29. The maximum atomic E-state index is 14.1. The van der Waals surface area contributed by atoms with Gasteiger partial charge in [0.1, 0.15) is 5.82 Å². The zero-order chi connectivity index (χ0) is 13.4. The number of nitrogen functional groups attached to an aromatic ring is 1. The molecule has 0 saturated carbocycles. The van der Waals surface area contributed by atoms with Gasteiger partial charge >= 0.3 is 0 Å². The van der Waals surface area contributed by atoms with Crippen LogP contribution in [0.4, 0.5) is 10.1 Å². The molecule has 0 atom stereocenters. The predicted octanol–water partition coefficient (Wildman–Crippen LogP) is 4.31. The van der Waals surface area contributed by atoms with Crippen LogP contribution in [0.15, 0.2) is 24.3 Å². The Labute approximate surface area is 107 Å². The number of anilines is 1. The molecule has 2 aromatic rings. The smallest absolute Gasteiger partial charge is 0.131 e. The Kier molecular flexibility index (Phi) is 3.12. The first kappa shape index (κ1) is 12.6. The molecule has 0 amide bonds. The molecule has 1 nitrogen and oxygen atoms in total. The zero-order valence-corrected chi connectivity index (χ0v) is 11.3. The van der Waals surface area contributed by atoms with E-state index in [9.17, 15) is 4.39 Å². The molecule has 0 aliphatic carbocycles. The lowest BCUT2D eigenvalue weighted by Crippen LogP contribution is -1.96. The number of benzene rings is 2. The standard InChI is InChI=1S/C16H18FN/c1-9-5-11(3)13(6-10(9)2)14-8-16(18)12(4)7-15(14)17/h5-8H,18H2,1-4H3. The minimum atomic E-state index is -0.215. The van der Waals surface area contributed by atoms with Gasteiger partial charge in [0.15, 0.2) is 0 Å². The topological polar surface area (TPSA) is 26.0 Å². The fraction of sp³-hybridized carbons (Fsp3) is 0.250. The second-order valence-electron chi connectivity index (χ2n) is 4.94. The molecule has 18 heavy (non-hydrogen) atoms. The van der Waals surface area contributed by atoms with E-state index in [0.29, 0.717) is 11.3 Å². The summed E-state index contributed by atoms with van der Waals surface area (Å²) in [6, 6.07) is 7.33. The van der Waals surface area contributed by atoms with Crippen LogP contribution in [0.25, 0.3) is 11.1 Å². The van der Waals surface area contributed by atoms with Crippen molar-refractivity contribution in [3.63, 3.8) is 0 Å². The first-order chi connectivity index (χ1) is 8.40. The van der Waals surface area contributed by atoms with E-state index in [0.717, 1.165) is 22.3 Å². The van der Waals surface area contributed by atoms with Crippen LogP contribution in [-0.4, -0.2) is 0 Å². The molecule has 0 aliphatic rings. The highest BCUT2D eigenvalue weighted by Gasteiger charge is 2.11. The van der Waals surface area contributed by atoms with Crippen LogP contribution in [0.3, 0.4) is 0 Å². The van der Waals surface area contributed by atoms with Gasteiger partial charge in [-0.2, -0.15) is 0 Å². The highest BCUT2D eigenvalue weighted by atomic mass is 19.1. The predicted molar refractivity (Wildman–Crippen MR) is 75.2 cm³/mol. The van der Waals surface area contributed by atoms with E-state index < -0.39 is 0 Å². The van der Waals surface area contributed by atoms with E-state index in [1.54, 1.807) is 6.07 Å². The Morgan fingerprint density at radius 1 is 0.722 bits per heavy atom. The SMILES string of the molecule is Cc1cc(C)c(-c2cc(N)c(C)cc2F)cc1C. The van der Waals surface area contributed by atoms with Gasteiger partial charge < -0.3 is 5.73 Å². The first-order valence-electron chi connectivity index (χ1n) is 6.04. The number of rotatable bonds is 1. The van der Waals surface area contributed by atoms with Gasteiger partial charge in [0, 0.05) is 11.3 Å². The van der Waals surface area contributed by atoms with Crippen molar-refractivity contribution in [3.05, 3.63) is 52.3 Å². The summed E-state index contributed by atoms with van der Waals surface area (Å²) in [6.07, 6.45) is 0. The van der Waals surface area contributed by atoms with Gasteiger partial charge in [-0.3, -0.25) is 0 Å². The lowest BCUT2D eigenvalue weighted by molar-refractivity contribution is 0.630. The lowest BCUT2D eigenvalue weighted by atomic mass is 9.94. The molecule has 0 aromatic heterocycles. The van der Waals surface area contributed by atoms with Crippen LogP contribution in [0.1, 0.15) is 22.3 Å². The quantitative estimate of drug-likeness (QED) is 0.742. The van der Waals surface area contributed by atoms with Gasteiger partial charge in [-0.05, 0) is 67.6 Å². The highest BCUT2D eigenvalue weighted by Crippen LogP contribution is 2.31. The Balaban J connectivity index is 2.69. The third kappa shape index (κ3) is 2.10. The molecular weight excluding hydrogens is 225 g/mol. The number of aryl methyl sites for hydroxylation is 4. The molecule has 0 fully saturated rings. The molecule has 0 heterocycles. The zero-order valence-electron chi connectivity index (χ0n) is 11.3. The van der Waals surface area contributed by atoms with Crippen LogP contribution in [0.5, 0.6) is 0 Å². The van der Waals surface area contributed by atoms with E-state index in [1.807, 2.05) is 26.8 Å². The largest absolute Gasteiger partial charge is 0.398 e. The van der Waals surface area contributed by atoms with Crippen LogP contribution >= 0.6 is 0 Å². The van der Waals surface area contributed by atoms with Gasteiger partial charge in [-0.25, -0.2) is 4.39 Å². The number of nitrogens with two attached hydrogens (primary N) is 1. The Bertz CT molecular complexity index is 559. The summed E-state index contributed by atoms with van der Waals surface area (Å²) in [5.41, 5.74) is 12.2. The van der Waals surface area contributed by atoms with Crippen molar-refractivity contribution in [3.8, 4) is 11.1 Å². The molecule has 0 saturated heterocycles.